The Balaban J connectivity index is 0.00000392. The zero-order chi connectivity index (χ0) is 19.5. The van der Waals surface area contributed by atoms with E-state index < -0.39 is 0 Å². The number of nitrogens with one attached hydrogen (secondary N) is 2. The van der Waals surface area contributed by atoms with Crippen LogP contribution in [0, 0.1) is 5.92 Å². The van der Waals surface area contributed by atoms with Gasteiger partial charge in [-0.3, -0.25) is 14.6 Å². The molecule has 1 atom stereocenters. The fourth-order valence-corrected chi connectivity index (χ4v) is 3.76. The van der Waals surface area contributed by atoms with Gasteiger partial charge in [-0.2, -0.15) is 5.10 Å². The highest BCUT2D eigenvalue weighted by Crippen LogP contribution is 2.20. The van der Waals surface area contributed by atoms with Gasteiger partial charge in [0.05, 0.1) is 26.0 Å². The molecule has 0 amide bonds. The fraction of sp³-hybridized carbons (Fsp3) is 0.800. The molecule has 0 spiro atoms. The summed E-state index contributed by atoms with van der Waals surface area (Å²) in [5.74, 6) is 1.58. The molecular formula is C20H39IN6O. The Morgan fingerprint density at radius 1 is 1.21 bits per heavy atom. The van der Waals surface area contributed by atoms with E-state index in [0.29, 0.717) is 12.0 Å². The minimum absolute atomic E-state index is 0. The van der Waals surface area contributed by atoms with Crippen LogP contribution in [0.1, 0.15) is 39.2 Å². The van der Waals surface area contributed by atoms with Crippen LogP contribution in [0.15, 0.2) is 17.4 Å². The number of ether oxygens (including phenoxy) is 1. The maximum atomic E-state index is 5.55. The normalized spacial score (nSPS) is 16.7. The van der Waals surface area contributed by atoms with E-state index in [1.54, 1.807) is 0 Å². The van der Waals surface area contributed by atoms with E-state index in [0.717, 1.165) is 58.3 Å². The van der Waals surface area contributed by atoms with E-state index >= 15 is 0 Å². The summed E-state index contributed by atoms with van der Waals surface area (Å²) >= 11 is 0. The molecule has 1 aromatic heterocycles. The highest BCUT2D eigenvalue weighted by atomic mass is 127. The summed E-state index contributed by atoms with van der Waals surface area (Å²) in [6, 6.07) is 0.484. The SMILES string of the molecule is CCNC(=NCC(C(CC)CC)N1CCOCC1)NCCc1cnn(C)c1.I. The van der Waals surface area contributed by atoms with Crippen molar-refractivity contribution in [1.29, 1.82) is 0 Å². The zero-order valence-corrected chi connectivity index (χ0v) is 20.3. The van der Waals surface area contributed by atoms with Gasteiger partial charge >= 0.3 is 0 Å². The van der Waals surface area contributed by atoms with Crippen LogP contribution in [0.2, 0.25) is 0 Å². The summed E-state index contributed by atoms with van der Waals surface area (Å²) in [6.07, 6.45) is 7.32. The van der Waals surface area contributed by atoms with Gasteiger partial charge in [0, 0.05) is 45.5 Å². The van der Waals surface area contributed by atoms with Crippen LogP contribution >= 0.6 is 24.0 Å². The van der Waals surface area contributed by atoms with E-state index in [1.807, 2.05) is 17.9 Å². The Hall–Kier alpha value is -0.870. The number of guanidine groups is 1. The van der Waals surface area contributed by atoms with Crippen LogP contribution in [0.4, 0.5) is 0 Å². The Bertz CT molecular complexity index is 555. The van der Waals surface area contributed by atoms with Crippen LogP contribution in [0.5, 0.6) is 0 Å². The van der Waals surface area contributed by atoms with Crippen LogP contribution in [-0.4, -0.2) is 72.6 Å². The summed E-state index contributed by atoms with van der Waals surface area (Å²) in [7, 11) is 1.95. The lowest BCUT2D eigenvalue weighted by atomic mass is 9.92. The third-order valence-electron chi connectivity index (χ3n) is 5.35. The molecule has 162 valence electrons. The molecule has 8 heteroatoms. The Kier molecular flexibility index (Phi) is 12.7. The Morgan fingerprint density at radius 3 is 2.50 bits per heavy atom. The van der Waals surface area contributed by atoms with Gasteiger partial charge in [0.15, 0.2) is 5.96 Å². The average Bonchev–Trinajstić information content (AvgIpc) is 3.10. The van der Waals surface area contributed by atoms with Crippen molar-refractivity contribution >= 4 is 29.9 Å². The molecule has 1 aliphatic heterocycles. The van der Waals surface area contributed by atoms with Gasteiger partial charge in [-0.05, 0) is 24.8 Å². The first-order valence-electron chi connectivity index (χ1n) is 10.5. The lowest BCUT2D eigenvalue weighted by molar-refractivity contribution is 0.00395. The van der Waals surface area contributed by atoms with Crippen molar-refractivity contribution in [1.82, 2.24) is 25.3 Å². The second-order valence-electron chi connectivity index (χ2n) is 7.21. The number of aromatic nitrogens is 2. The van der Waals surface area contributed by atoms with Crippen LogP contribution in [-0.2, 0) is 18.2 Å². The molecule has 1 unspecified atom stereocenters. The number of nitrogens with zero attached hydrogens (tertiary/aromatic N) is 4. The van der Waals surface area contributed by atoms with Gasteiger partial charge in [0.1, 0.15) is 0 Å². The third-order valence-corrected chi connectivity index (χ3v) is 5.35. The molecule has 2 heterocycles. The topological polar surface area (TPSA) is 66.7 Å². The van der Waals surface area contributed by atoms with Crippen molar-refractivity contribution in [2.45, 2.75) is 46.1 Å². The van der Waals surface area contributed by atoms with Gasteiger partial charge in [-0.15, -0.1) is 24.0 Å². The number of halogens is 1. The first-order chi connectivity index (χ1) is 13.2. The molecule has 0 saturated carbocycles. The molecule has 0 bridgehead atoms. The standard InChI is InChI=1S/C20H38N6O.HI/c1-5-18(6-2)19(26-10-12-27-13-11-26)15-23-20(21-7-3)22-9-8-17-14-24-25(4)16-17;/h14,16,18-19H,5-13,15H2,1-4H3,(H2,21,22,23);1H. The van der Waals surface area contributed by atoms with Gasteiger partial charge in [-0.1, -0.05) is 26.7 Å². The maximum Gasteiger partial charge on any atom is 0.191 e. The monoisotopic (exact) mass is 506 g/mol. The molecule has 28 heavy (non-hydrogen) atoms. The zero-order valence-electron chi connectivity index (χ0n) is 18.0. The van der Waals surface area contributed by atoms with Gasteiger partial charge < -0.3 is 15.4 Å². The molecule has 1 fully saturated rings. The lowest BCUT2D eigenvalue weighted by Gasteiger charge is -2.38. The predicted molar refractivity (Wildman–Crippen MR) is 127 cm³/mol. The highest BCUT2D eigenvalue weighted by molar-refractivity contribution is 14.0. The second kappa shape index (κ2) is 14.2. The van der Waals surface area contributed by atoms with Crippen molar-refractivity contribution in [3.05, 3.63) is 18.0 Å². The average molecular weight is 506 g/mol. The van der Waals surface area contributed by atoms with Crippen molar-refractivity contribution in [3.8, 4) is 0 Å². The second-order valence-corrected chi connectivity index (χ2v) is 7.21. The van der Waals surface area contributed by atoms with Crippen molar-refractivity contribution < 1.29 is 4.74 Å². The number of aliphatic imine (C=N–C) groups is 1. The molecule has 1 aromatic rings. The quantitative estimate of drug-likeness (QED) is 0.290. The summed E-state index contributed by atoms with van der Waals surface area (Å²) in [4.78, 5) is 7.51. The van der Waals surface area contributed by atoms with E-state index in [2.05, 4.69) is 47.6 Å². The summed E-state index contributed by atoms with van der Waals surface area (Å²) in [5.41, 5.74) is 1.24. The minimum atomic E-state index is 0. The molecule has 0 aliphatic carbocycles. The molecule has 7 nitrogen and oxygen atoms in total. The van der Waals surface area contributed by atoms with Crippen LogP contribution < -0.4 is 10.6 Å². The van der Waals surface area contributed by atoms with Crippen molar-refractivity contribution in [3.63, 3.8) is 0 Å². The van der Waals surface area contributed by atoms with Crippen LogP contribution in [0.3, 0.4) is 0 Å². The summed E-state index contributed by atoms with van der Waals surface area (Å²) in [5, 5.41) is 11.1. The first kappa shape index (κ1) is 25.2. The first-order valence-corrected chi connectivity index (χ1v) is 10.5. The lowest BCUT2D eigenvalue weighted by Crippen LogP contribution is -2.49. The predicted octanol–water partition coefficient (Wildman–Crippen LogP) is 2.27. The van der Waals surface area contributed by atoms with E-state index in [4.69, 9.17) is 9.73 Å². The summed E-state index contributed by atoms with van der Waals surface area (Å²) < 4.78 is 7.39. The van der Waals surface area contributed by atoms with Crippen molar-refractivity contribution in [2.24, 2.45) is 18.0 Å². The molecular weight excluding hydrogens is 467 g/mol. The minimum Gasteiger partial charge on any atom is -0.379 e. The van der Waals surface area contributed by atoms with Crippen molar-refractivity contribution in [2.75, 3.05) is 45.9 Å². The smallest absolute Gasteiger partial charge is 0.191 e. The molecule has 1 saturated heterocycles. The highest BCUT2D eigenvalue weighted by Gasteiger charge is 2.26. The van der Waals surface area contributed by atoms with E-state index in [1.165, 1.54) is 18.4 Å². The largest absolute Gasteiger partial charge is 0.379 e. The third kappa shape index (κ3) is 8.24. The van der Waals surface area contributed by atoms with Gasteiger partial charge in [0.25, 0.3) is 0 Å². The van der Waals surface area contributed by atoms with Crippen LogP contribution in [0.25, 0.3) is 0 Å². The molecule has 2 N–H and O–H groups in total. The molecule has 2 rings (SSSR count). The Labute approximate surface area is 187 Å². The van der Waals surface area contributed by atoms with E-state index in [9.17, 15) is 0 Å². The molecule has 0 aromatic carbocycles. The number of hydrogen-bond acceptors (Lipinski definition) is 4. The maximum absolute atomic E-state index is 5.55. The Morgan fingerprint density at radius 2 is 1.93 bits per heavy atom. The molecule has 0 radical (unpaired) electrons. The fourth-order valence-electron chi connectivity index (χ4n) is 3.76. The van der Waals surface area contributed by atoms with E-state index in [-0.39, 0.29) is 24.0 Å². The number of hydrogen-bond donors (Lipinski definition) is 2. The number of morpholine rings is 1. The van der Waals surface area contributed by atoms with Gasteiger partial charge in [0.2, 0.25) is 0 Å². The molecule has 1 aliphatic rings. The number of rotatable bonds is 10. The number of aryl methyl sites for hydroxylation is 1. The van der Waals surface area contributed by atoms with Gasteiger partial charge in [-0.25, -0.2) is 0 Å². The summed E-state index contributed by atoms with van der Waals surface area (Å²) in [6.45, 7) is 13.0.